The summed E-state index contributed by atoms with van der Waals surface area (Å²) < 4.78 is 71.9. The van der Waals surface area contributed by atoms with Crippen LogP contribution in [0.4, 0.5) is 18.9 Å². The number of nitrogens with one attached hydrogen (secondary N) is 1. The molecule has 32 heavy (non-hydrogen) atoms. The molecule has 1 N–H and O–H groups in total. The highest BCUT2D eigenvalue weighted by molar-refractivity contribution is 7.89. The molecule has 11 heteroatoms. The van der Waals surface area contributed by atoms with Gasteiger partial charge < -0.3 is 10.1 Å². The number of anilines is 1. The van der Waals surface area contributed by atoms with Crippen molar-refractivity contribution in [2.75, 3.05) is 25.0 Å². The normalized spacial score (nSPS) is 15.0. The van der Waals surface area contributed by atoms with Crippen molar-refractivity contribution in [1.29, 1.82) is 0 Å². The van der Waals surface area contributed by atoms with Gasteiger partial charge in [-0.15, -0.1) is 0 Å². The maximum absolute atomic E-state index is 13.1. The molecule has 1 aliphatic rings. The fraction of sp³-hybridized carbons (Fsp3) is 0.381. The Morgan fingerprint density at radius 1 is 1.16 bits per heavy atom. The van der Waals surface area contributed by atoms with E-state index in [1.54, 1.807) is 0 Å². The average Bonchev–Trinajstić information content (AvgIpc) is 3.28. The van der Waals surface area contributed by atoms with Crippen LogP contribution in [-0.2, 0) is 16.2 Å². The Bertz CT molecular complexity index is 1100. The molecule has 0 aromatic heterocycles. The van der Waals surface area contributed by atoms with Crippen LogP contribution in [0.25, 0.3) is 0 Å². The fourth-order valence-corrected chi connectivity index (χ4v) is 5.26. The second-order valence-corrected chi connectivity index (χ2v) is 9.58. The van der Waals surface area contributed by atoms with Crippen LogP contribution in [0.15, 0.2) is 41.3 Å². The molecule has 2 aromatic rings. The smallest absolute Gasteiger partial charge is 0.416 e. The summed E-state index contributed by atoms with van der Waals surface area (Å²) in [6.45, 7) is 2.79. The van der Waals surface area contributed by atoms with Gasteiger partial charge in [-0.05, 0) is 55.7 Å². The van der Waals surface area contributed by atoms with Gasteiger partial charge in [-0.1, -0.05) is 18.5 Å². The van der Waals surface area contributed by atoms with E-state index in [2.05, 4.69) is 5.32 Å². The van der Waals surface area contributed by atoms with Gasteiger partial charge in [0.2, 0.25) is 10.0 Å². The van der Waals surface area contributed by atoms with Crippen LogP contribution in [0.1, 0.15) is 42.1 Å². The van der Waals surface area contributed by atoms with E-state index in [9.17, 15) is 26.4 Å². The quantitative estimate of drug-likeness (QED) is 0.580. The highest BCUT2D eigenvalue weighted by Gasteiger charge is 2.32. The molecule has 0 aliphatic carbocycles. The lowest BCUT2D eigenvalue weighted by molar-refractivity contribution is -0.137. The van der Waals surface area contributed by atoms with Crippen molar-refractivity contribution in [3.63, 3.8) is 0 Å². The number of ether oxygens (including phenoxy) is 1. The Balaban J connectivity index is 1.93. The molecule has 0 spiro atoms. The van der Waals surface area contributed by atoms with Gasteiger partial charge in [0.15, 0.2) is 0 Å². The van der Waals surface area contributed by atoms with Gasteiger partial charge in [0.1, 0.15) is 10.6 Å². The lowest BCUT2D eigenvalue weighted by Crippen LogP contribution is -2.28. The predicted molar refractivity (Wildman–Crippen MR) is 115 cm³/mol. The van der Waals surface area contributed by atoms with Gasteiger partial charge in [0.05, 0.1) is 22.9 Å². The third kappa shape index (κ3) is 5.36. The molecule has 1 heterocycles. The molecule has 0 saturated carbocycles. The topological polar surface area (TPSA) is 75.7 Å². The average molecular weight is 491 g/mol. The third-order valence-electron chi connectivity index (χ3n) is 4.89. The lowest BCUT2D eigenvalue weighted by Gasteiger charge is -2.18. The van der Waals surface area contributed by atoms with Crippen molar-refractivity contribution < 1.29 is 31.1 Å². The number of alkyl halides is 3. The Hall–Kier alpha value is -2.30. The molecule has 1 saturated heterocycles. The second kappa shape index (κ2) is 9.68. The zero-order valence-electron chi connectivity index (χ0n) is 17.2. The molecule has 0 atom stereocenters. The van der Waals surface area contributed by atoms with Gasteiger partial charge in [0.25, 0.3) is 5.91 Å². The maximum Gasteiger partial charge on any atom is 0.416 e. The molecule has 1 fully saturated rings. The zero-order chi connectivity index (χ0) is 23.5. The first-order valence-electron chi connectivity index (χ1n) is 9.99. The maximum atomic E-state index is 13.1. The minimum absolute atomic E-state index is 0.0421. The number of hydrogen-bond acceptors (Lipinski definition) is 4. The minimum Gasteiger partial charge on any atom is -0.491 e. The van der Waals surface area contributed by atoms with E-state index in [-0.39, 0.29) is 33.5 Å². The molecule has 1 amide bonds. The molecule has 1 aliphatic heterocycles. The summed E-state index contributed by atoms with van der Waals surface area (Å²) in [6.07, 6.45) is -2.54. The van der Waals surface area contributed by atoms with E-state index in [1.807, 2.05) is 6.92 Å². The summed E-state index contributed by atoms with van der Waals surface area (Å²) in [6, 6.07) is 6.50. The SMILES string of the molecule is CCCOc1ccc(C(F)(F)F)cc1NC(=O)c1ccc(Cl)c(S(=O)(=O)N2CCCC2)c1. The molecule has 6 nitrogen and oxygen atoms in total. The van der Waals surface area contributed by atoms with Crippen molar-refractivity contribution in [3.05, 3.63) is 52.5 Å². The number of sulfonamides is 1. The molecular weight excluding hydrogens is 469 g/mol. The van der Waals surface area contributed by atoms with E-state index in [0.29, 0.717) is 19.5 Å². The Morgan fingerprint density at radius 3 is 2.47 bits per heavy atom. The van der Waals surface area contributed by atoms with Gasteiger partial charge >= 0.3 is 6.18 Å². The summed E-state index contributed by atoms with van der Waals surface area (Å²) in [5, 5.41) is 2.36. The first-order valence-corrected chi connectivity index (χ1v) is 11.8. The van der Waals surface area contributed by atoms with Gasteiger partial charge in [-0.2, -0.15) is 17.5 Å². The lowest BCUT2D eigenvalue weighted by atomic mass is 10.1. The predicted octanol–water partition coefficient (Wildman–Crippen LogP) is 5.18. The number of nitrogens with zero attached hydrogens (tertiary/aromatic N) is 1. The van der Waals surface area contributed by atoms with Crippen LogP contribution in [0.5, 0.6) is 5.75 Å². The van der Waals surface area contributed by atoms with Crippen molar-refractivity contribution >= 4 is 33.2 Å². The van der Waals surface area contributed by atoms with Gasteiger partial charge in [0, 0.05) is 18.7 Å². The second-order valence-electron chi connectivity index (χ2n) is 7.27. The van der Waals surface area contributed by atoms with Crippen molar-refractivity contribution in [2.45, 2.75) is 37.3 Å². The van der Waals surface area contributed by atoms with Crippen LogP contribution < -0.4 is 10.1 Å². The van der Waals surface area contributed by atoms with Crippen LogP contribution in [-0.4, -0.2) is 38.3 Å². The molecule has 0 bridgehead atoms. The van der Waals surface area contributed by atoms with Crippen molar-refractivity contribution in [2.24, 2.45) is 0 Å². The fourth-order valence-electron chi connectivity index (χ4n) is 3.25. The van der Waals surface area contributed by atoms with E-state index in [1.165, 1.54) is 16.4 Å². The van der Waals surface area contributed by atoms with E-state index in [0.717, 1.165) is 37.1 Å². The van der Waals surface area contributed by atoms with Gasteiger partial charge in [-0.25, -0.2) is 8.42 Å². The van der Waals surface area contributed by atoms with Crippen LogP contribution in [0, 0.1) is 0 Å². The minimum atomic E-state index is -4.61. The summed E-state index contributed by atoms with van der Waals surface area (Å²) in [4.78, 5) is 12.6. The monoisotopic (exact) mass is 490 g/mol. The van der Waals surface area contributed by atoms with Crippen LogP contribution in [0.3, 0.4) is 0 Å². The van der Waals surface area contributed by atoms with E-state index < -0.39 is 27.7 Å². The number of halogens is 4. The van der Waals surface area contributed by atoms with Crippen molar-refractivity contribution in [1.82, 2.24) is 4.31 Å². The summed E-state index contributed by atoms with van der Waals surface area (Å²) in [5.41, 5.74) is -1.19. The Morgan fingerprint density at radius 2 is 1.84 bits per heavy atom. The largest absolute Gasteiger partial charge is 0.491 e. The summed E-state index contributed by atoms with van der Waals surface area (Å²) in [7, 11) is -3.90. The van der Waals surface area contributed by atoms with E-state index in [4.69, 9.17) is 16.3 Å². The molecule has 2 aromatic carbocycles. The molecule has 0 unspecified atom stereocenters. The van der Waals surface area contributed by atoms with Crippen LogP contribution >= 0.6 is 11.6 Å². The van der Waals surface area contributed by atoms with Crippen molar-refractivity contribution in [3.8, 4) is 5.75 Å². The third-order valence-corrected chi connectivity index (χ3v) is 7.27. The number of carbonyl (C=O) groups is 1. The number of hydrogen-bond donors (Lipinski definition) is 1. The number of amides is 1. The van der Waals surface area contributed by atoms with E-state index >= 15 is 0 Å². The standard InChI is InChI=1S/C21H22ClF3N2O4S/c1-2-11-31-18-8-6-15(21(23,24)25)13-17(18)26-20(28)14-5-7-16(22)19(12-14)32(29,30)27-9-3-4-10-27/h5-8,12-13H,2-4,9-11H2,1H3,(H,26,28). The molecule has 3 rings (SSSR count). The summed E-state index contributed by atoms with van der Waals surface area (Å²) >= 11 is 6.09. The number of benzene rings is 2. The number of carbonyl (C=O) groups excluding carboxylic acids is 1. The first kappa shape index (κ1) is 24.3. The molecule has 174 valence electrons. The molecule has 0 radical (unpaired) electrons. The highest BCUT2D eigenvalue weighted by Crippen LogP contribution is 2.35. The highest BCUT2D eigenvalue weighted by atomic mass is 35.5. The van der Waals surface area contributed by atoms with Crippen LogP contribution in [0.2, 0.25) is 5.02 Å². The summed E-state index contributed by atoms with van der Waals surface area (Å²) in [5.74, 6) is -0.715. The Kier molecular flexibility index (Phi) is 7.36. The first-order chi connectivity index (χ1) is 15.0. The van der Waals surface area contributed by atoms with Gasteiger partial charge in [-0.3, -0.25) is 4.79 Å². The number of rotatable bonds is 7. The Labute approximate surface area is 189 Å². The zero-order valence-corrected chi connectivity index (χ0v) is 18.8. The molecular formula is C21H22ClF3N2O4S.